The van der Waals surface area contributed by atoms with Gasteiger partial charge >= 0.3 is 0 Å². The summed E-state index contributed by atoms with van der Waals surface area (Å²) in [6.45, 7) is 4.17. The molecule has 15 heavy (non-hydrogen) atoms. The van der Waals surface area contributed by atoms with Crippen molar-refractivity contribution >= 4 is 11.8 Å². The lowest BCUT2D eigenvalue weighted by Crippen LogP contribution is -2.02. The maximum Gasteiger partial charge on any atom is 0.213 e. The quantitative estimate of drug-likeness (QED) is 0.726. The van der Waals surface area contributed by atoms with E-state index in [1.165, 1.54) is 22.9 Å². The Kier molecular flexibility index (Phi) is 2.73. The maximum atomic E-state index is 3.99. The van der Waals surface area contributed by atoms with Crippen molar-refractivity contribution < 1.29 is 0 Å². The molecule has 1 aromatic heterocycles. The molecule has 0 bridgehead atoms. The molecular formula is C10H12N4S. The van der Waals surface area contributed by atoms with E-state index in [0.717, 1.165) is 10.8 Å². The fourth-order valence-electron chi connectivity index (χ4n) is 1.42. The van der Waals surface area contributed by atoms with Gasteiger partial charge in [0.05, 0.1) is 5.69 Å². The number of tetrazole rings is 1. The van der Waals surface area contributed by atoms with Gasteiger partial charge in [-0.05, 0) is 47.7 Å². The summed E-state index contributed by atoms with van der Waals surface area (Å²) < 4.78 is 1.77. The Bertz CT molecular complexity index is 478. The number of nitrogens with zero attached hydrogens (tertiary/aromatic N) is 4. The van der Waals surface area contributed by atoms with Crippen LogP contribution in [0.5, 0.6) is 0 Å². The van der Waals surface area contributed by atoms with Gasteiger partial charge in [0.1, 0.15) is 0 Å². The van der Waals surface area contributed by atoms with Gasteiger partial charge in [0.25, 0.3) is 0 Å². The van der Waals surface area contributed by atoms with Crippen molar-refractivity contribution in [2.45, 2.75) is 19.0 Å². The monoisotopic (exact) mass is 220 g/mol. The molecule has 0 fully saturated rings. The number of aryl methyl sites for hydroxylation is 1. The molecule has 0 atom stereocenters. The van der Waals surface area contributed by atoms with Crippen LogP contribution in [-0.4, -0.2) is 26.5 Å². The summed E-state index contributed by atoms with van der Waals surface area (Å²) in [7, 11) is 0. The zero-order valence-corrected chi connectivity index (χ0v) is 9.75. The molecule has 2 aromatic rings. The molecule has 2 rings (SSSR count). The van der Waals surface area contributed by atoms with E-state index in [-0.39, 0.29) is 0 Å². The van der Waals surface area contributed by atoms with Crippen LogP contribution in [0.25, 0.3) is 5.69 Å². The molecule has 0 aliphatic heterocycles. The highest BCUT2D eigenvalue weighted by Gasteiger charge is 2.09. The van der Waals surface area contributed by atoms with Crippen molar-refractivity contribution in [2.75, 3.05) is 6.26 Å². The lowest BCUT2D eigenvalue weighted by molar-refractivity contribution is 0.751. The average Bonchev–Trinajstić information content (AvgIpc) is 2.70. The molecule has 0 aliphatic carbocycles. The van der Waals surface area contributed by atoms with Gasteiger partial charge < -0.3 is 0 Å². The summed E-state index contributed by atoms with van der Waals surface area (Å²) in [6, 6.07) is 6.13. The molecule has 4 nitrogen and oxygen atoms in total. The summed E-state index contributed by atoms with van der Waals surface area (Å²) in [4.78, 5) is 0. The lowest BCUT2D eigenvalue weighted by atomic mass is 10.1. The summed E-state index contributed by atoms with van der Waals surface area (Å²) in [5, 5.41) is 12.4. The van der Waals surface area contributed by atoms with Gasteiger partial charge in [-0.1, -0.05) is 23.9 Å². The topological polar surface area (TPSA) is 43.6 Å². The second-order valence-electron chi connectivity index (χ2n) is 3.30. The third-order valence-corrected chi connectivity index (χ3v) is 3.05. The minimum absolute atomic E-state index is 0.809. The van der Waals surface area contributed by atoms with E-state index >= 15 is 0 Å². The van der Waals surface area contributed by atoms with Crippen molar-refractivity contribution in [3.05, 3.63) is 29.3 Å². The van der Waals surface area contributed by atoms with E-state index in [1.54, 1.807) is 4.68 Å². The first-order chi connectivity index (χ1) is 7.24. The van der Waals surface area contributed by atoms with E-state index in [9.17, 15) is 0 Å². The van der Waals surface area contributed by atoms with Gasteiger partial charge in [-0.3, -0.25) is 0 Å². The Morgan fingerprint density at radius 2 is 2.07 bits per heavy atom. The van der Waals surface area contributed by atoms with E-state index < -0.39 is 0 Å². The summed E-state index contributed by atoms with van der Waals surface area (Å²) in [6.07, 6.45) is 1.97. The van der Waals surface area contributed by atoms with Gasteiger partial charge in [-0.25, -0.2) is 0 Å². The standard InChI is InChI=1S/C10H12N4S/c1-7-5-4-6-9(8(7)2)14-10(15-3)11-12-13-14/h4-6H,1-3H3. The largest absolute Gasteiger partial charge is 0.213 e. The van der Waals surface area contributed by atoms with Crippen LogP contribution in [0.1, 0.15) is 11.1 Å². The Hall–Kier alpha value is -1.36. The van der Waals surface area contributed by atoms with Gasteiger partial charge in [0, 0.05) is 0 Å². The zero-order valence-electron chi connectivity index (χ0n) is 8.93. The van der Waals surface area contributed by atoms with Crippen molar-refractivity contribution in [3.63, 3.8) is 0 Å². The number of rotatable bonds is 2. The van der Waals surface area contributed by atoms with Crippen LogP contribution in [0, 0.1) is 13.8 Å². The SMILES string of the molecule is CSc1nnnn1-c1cccc(C)c1C. The van der Waals surface area contributed by atoms with Crippen LogP contribution >= 0.6 is 11.8 Å². The molecule has 78 valence electrons. The zero-order chi connectivity index (χ0) is 10.8. The van der Waals surface area contributed by atoms with Gasteiger partial charge in [-0.15, -0.1) is 5.10 Å². The molecule has 0 saturated heterocycles. The fraction of sp³-hybridized carbons (Fsp3) is 0.300. The number of hydrogen-bond donors (Lipinski definition) is 0. The molecule has 0 spiro atoms. The number of hydrogen-bond acceptors (Lipinski definition) is 4. The fourth-order valence-corrected chi connectivity index (χ4v) is 1.85. The Morgan fingerprint density at radius 1 is 1.27 bits per heavy atom. The first-order valence-electron chi connectivity index (χ1n) is 4.63. The van der Waals surface area contributed by atoms with E-state index in [4.69, 9.17) is 0 Å². The highest BCUT2D eigenvalue weighted by molar-refractivity contribution is 7.98. The molecule has 0 saturated carbocycles. The highest BCUT2D eigenvalue weighted by atomic mass is 32.2. The van der Waals surface area contributed by atoms with Crippen molar-refractivity contribution in [1.29, 1.82) is 0 Å². The van der Waals surface area contributed by atoms with Crippen molar-refractivity contribution in [1.82, 2.24) is 20.2 Å². The van der Waals surface area contributed by atoms with Gasteiger partial charge in [-0.2, -0.15) is 4.68 Å². The van der Waals surface area contributed by atoms with Crippen LogP contribution in [-0.2, 0) is 0 Å². The predicted molar refractivity (Wildman–Crippen MR) is 60.4 cm³/mol. The second kappa shape index (κ2) is 4.02. The first-order valence-corrected chi connectivity index (χ1v) is 5.85. The summed E-state index contributed by atoms with van der Waals surface area (Å²) in [5.74, 6) is 0. The smallest absolute Gasteiger partial charge is 0.187 e. The predicted octanol–water partition coefficient (Wildman–Crippen LogP) is 2.00. The van der Waals surface area contributed by atoms with Gasteiger partial charge in [0.2, 0.25) is 5.16 Å². The van der Waals surface area contributed by atoms with Crippen LogP contribution < -0.4 is 0 Å². The van der Waals surface area contributed by atoms with E-state index in [0.29, 0.717) is 0 Å². The normalized spacial score (nSPS) is 10.6. The van der Waals surface area contributed by atoms with Crippen LogP contribution in [0.3, 0.4) is 0 Å². The summed E-state index contributed by atoms with van der Waals surface area (Å²) >= 11 is 1.54. The van der Waals surface area contributed by atoms with E-state index in [2.05, 4.69) is 35.4 Å². The number of aromatic nitrogens is 4. The number of benzene rings is 1. The first kappa shape index (κ1) is 10.2. The molecule has 1 heterocycles. The molecule has 0 N–H and O–H groups in total. The van der Waals surface area contributed by atoms with Crippen molar-refractivity contribution in [3.8, 4) is 5.69 Å². The average molecular weight is 220 g/mol. The molecule has 5 heteroatoms. The molecule has 0 amide bonds. The Balaban J connectivity index is 2.59. The van der Waals surface area contributed by atoms with Gasteiger partial charge in [0.15, 0.2) is 0 Å². The number of thioether (sulfide) groups is 1. The lowest BCUT2D eigenvalue weighted by Gasteiger charge is -2.08. The maximum absolute atomic E-state index is 3.99. The highest BCUT2D eigenvalue weighted by Crippen LogP contribution is 2.20. The Labute approximate surface area is 92.7 Å². The molecule has 0 radical (unpaired) electrons. The van der Waals surface area contributed by atoms with Crippen LogP contribution in [0.2, 0.25) is 0 Å². The Morgan fingerprint density at radius 3 is 2.80 bits per heavy atom. The third kappa shape index (κ3) is 1.74. The minimum atomic E-state index is 0.809. The molecule has 0 aliphatic rings. The molecular weight excluding hydrogens is 208 g/mol. The van der Waals surface area contributed by atoms with Crippen LogP contribution in [0.15, 0.2) is 23.4 Å². The molecule has 0 unspecified atom stereocenters. The van der Waals surface area contributed by atoms with E-state index in [1.807, 2.05) is 18.4 Å². The molecule has 1 aromatic carbocycles. The second-order valence-corrected chi connectivity index (χ2v) is 4.07. The third-order valence-electron chi connectivity index (χ3n) is 2.43. The van der Waals surface area contributed by atoms with Crippen molar-refractivity contribution in [2.24, 2.45) is 0 Å². The summed E-state index contributed by atoms with van der Waals surface area (Å²) in [5.41, 5.74) is 3.50. The minimum Gasteiger partial charge on any atom is -0.187 e. The van der Waals surface area contributed by atoms with Crippen LogP contribution in [0.4, 0.5) is 0 Å².